The summed E-state index contributed by atoms with van der Waals surface area (Å²) in [6.07, 6.45) is 6.98. The predicted octanol–water partition coefficient (Wildman–Crippen LogP) is 1.52. The number of piperidine rings is 1. The molecule has 0 amide bonds. The molecule has 1 saturated carbocycles. The summed E-state index contributed by atoms with van der Waals surface area (Å²) < 4.78 is 0. The lowest BCUT2D eigenvalue weighted by atomic mass is 9.81. The zero-order chi connectivity index (χ0) is 9.10. The highest BCUT2D eigenvalue weighted by Gasteiger charge is 2.26. The fourth-order valence-electron chi connectivity index (χ4n) is 2.36. The first-order chi connectivity index (χ1) is 6.36. The molecule has 2 rings (SSSR count). The molecule has 2 N–H and O–H groups in total. The Morgan fingerprint density at radius 2 is 2.15 bits per heavy atom. The lowest BCUT2D eigenvalue weighted by molar-refractivity contribution is 0.218. The maximum Gasteiger partial charge on any atom is 0.0192 e. The van der Waals surface area contributed by atoms with Crippen LogP contribution in [0.3, 0.4) is 0 Å². The molecular weight excluding hydrogens is 160 g/mol. The molecule has 76 valence electrons. The second-order valence-electron chi connectivity index (χ2n) is 4.72. The van der Waals surface area contributed by atoms with E-state index in [1.165, 1.54) is 45.2 Å². The summed E-state index contributed by atoms with van der Waals surface area (Å²) in [5.74, 6) is 0.920. The van der Waals surface area contributed by atoms with Gasteiger partial charge in [0.05, 0.1) is 0 Å². The predicted molar refractivity (Wildman–Crippen MR) is 55.8 cm³/mol. The van der Waals surface area contributed by atoms with Gasteiger partial charge in [0.1, 0.15) is 0 Å². The van der Waals surface area contributed by atoms with Crippen LogP contribution in [0.5, 0.6) is 0 Å². The SMILES string of the molecule is CC1CCC1NC[C@@H]1CCCCN1. The van der Waals surface area contributed by atoms with E-state index in [0.717, 1.165) is 18.0 Å². The Balaban J connectivity index is 1.61. The molecule has 0 bridgehead atoms. The van der Waals surface area contributed by atoms with E-state index in [0.29, 0.717) is 0 Å². The third-order valence-corrected chi connectivity index (χ3v) is 3.66. The monoisotopic (exact) mass is 182 g/mol. The average molecular weight is 182 g/mol. The van der Waals surface area contributed by atoms with Gasteiger partial charge in [-0.1, -0.05) is 13.3 Å². The highest BCUT2D eigenvalue weighted by molar-refractivity contribution is 4.85. The number of hydrogen-bond acceptors (Lipinski definition) is 2. The second-order valence-corrected chi connectivity index (χ2v) is 4.72. The summed E-state index contributed by atoms with van der Waals surface area (Å²) in [4.78, 5) is 0. The van der Waals surface area contributed by atoms with Gasteiger partial charge in [-0.25, -0.2) is 0 Å². The Kier molecular flexibility index (Phi) is 3.23. The summed E-state index contributed by atoms with van der Waals surface area (Å²) in [6, 6.07) is 1.57. The summed E-state index contributed by atoms with van der Waals surface area (Å²) >= 11 is 0. The smallest absolute Gasteiger partial charge is 0.0192 e. The quantitative estimate of drug-likeness (QED) is 0.691. The molecule has 0 radical (unpaired) electrons. The minimum atomic E-state index is 0.751. The van der Waals surface area contributed by atoms with Gasteiger partial charge >= 0.3 is 0 Å². The lowest BCUT2D eigenvalue weighted by Gasteiger charge is -2.36. The highest BCUT2D eigenvalue weighted by Crippen LogP contribution is 2.26. The summed E-state index contributed by atoms with van der Waals surface area (Å²) in [6.45, 7) is 4.77. The maximum absolute atomic E-state index is 3.68. The first-order valence-corrected chi connectivity index (χ1v) is 5.83. The van der Waals surface area contributed by atoms with Crippen molar-refractivity contribution >= 4 is 0 Å². The largest absolute Gasteiger partial charge is 0.313 e. The number of rotatable bonds is 3. The summed E-state index contributed by atoms with van der Waals surface area (Å²) in [7, 11) is 0. The Bertz CT molecular complexity index is 152. The number of hydrogen-bond donors (Lipinski definition) is 2. The van der Waals surface area contributed by atoms with Crippen molar-refractivity contribution in [3.05, 3.63) is 0 Å². The van der Waals surface area contributed by atoms with Gasteiger partial charge in [0.2, 0.25) is 0 Å². The molecule has 0 aromatic heterocycles. The van der Waals surface area contributed by atoms with E-state index in [-0.39, 0.29) is 0 Å². The molecule has 1 heterocycles. The van der Waals surface area contributed by atoms with E-state index < -0.39 is 0 Å². The van der Waals surface area contributed by atoms with Crippen LogP contribution in [0.4, 0.5) is 0 Å². The van der Waals surface area contributed by atoms with Crippen LogP contribution in [0.2, 0.25) is 0 Å². The van der Waals surface area contributed by atoms with E-state index >= 15 is 0 Å². The highest BCUT2D eigenvalue weighted by atomic mass is 15.0. The standard InChI is InChI=1S/C11H22N2/c1-9-5-6-11(9)13-8-10-4-2-3-7-12-10/h9-13H,2-8H2,1H3/t9?,10-,11?/m0/s1. The Morgan fingerprint density at radius 3 is 2.69 bits per heavy atom. The maximum atomic E-state index is 3.68. The van der Waals surface area contributed by atoms with Gasteiger partial charge in [0, 0.05) is 18.6 Å². The normalized spacial score (nSPS) is 39.9. The van der Waals surface area contributed by atoms with Crippen molar-refractivity contribution < 1.29 is 0 Å². The van der Waals surface area contributed by atoms with Gasteiger partial charge in [-0.05, 0) is 38.1 Å². The fraction of sp³-hybridized carbons (Fsp3) is 1.00. The van der Waals surface area contributed by atoms with Crippen molar-refractivity contribution in [2.75, 3.05) is 13.1 Å². The van der Waals surface area contributed by atoms with Crippen molar-refractivity contribution in [1.29, 1.82) is 0 Å². The summed E-state index contributed by atoms with van der Waals surface area (Å²) in [5.41, 5.74) is 0. The van der Waals surface area contributed by atoms with E-state index in [4.69, 9.17) is 0 Å². The first kappa shape index (κ1) is 9.47. The average Bonchev–Trinajstić information content (AvgIpc) is 2.17. The molecule has 2 heteroatoms. The molecule has 3 atom stereocenters. The van der Waals surface area contributed by atoms with Gasteiger partial charge in [-0.15, -0.1) is 0 Å². The van der Waals surface area contributed by atoms with Crippen LogP contribution in [-0.4, -0.2) is 25.2 Å². The van der Waals surface area contributed by atoms with Crippen molar-refractivity contribution in [2.45, 2.75) is 51.1 Å². The van der Waals surface area contributed by atoms with Gasteiger partial charge in [-0.2, -0.15) is 0 Å². The van der Waals surface area contributed by atoms with Gasteiger partial charge in [-0.3, -0.25) is 0 Å². The Morgan fingerprint density at radius 1 is 1.23 bits per heavy atom. The van der Waals surface area contributed by atoms with E-state index in [1.54, 1.807) is 0 Å². The van der Waals surface area contributed by atoms with Crippen LogP contribution in [0.25, 0.3) is 0 Å². The third-order valence-electron chi connectivity index (χ3n) is 3.66. The van der Waals surface area contributed by atoms with Crippen molar-refractivity contribution in [3.63, 3.8) is 0 Å². The minimum absolute atomic E-state index is 0.751. The van der Waals surface area contributed by atoms with Gasteiger partial charge in [0.15, 0.2) is 0 Å². The topological polar surface area (TPSA) is 24.1 Å². The van der Waals surface area contributed by atoms with E-state index in [2.05, 4.69) is 17.6 Å². The molecule has 2 fully saturated rings. The molecule has 2 unspecified atom stereocenters. The van der Waals surface area contributed by atoms with Crippen molar-refractivity contribution in [3.8, 4) is 0 Å². The van der Waals surface area contributed by atoms with Crippen LogP contribution in [0.1, 0.15) is 39.0 Å². The van der Waals surface area contributed by atoms with Crippen molar-refractivity contribution in [1.82, 2.24) is 10.6 Å². The molecule has 2 nitrogen and oxygen atoms in total. The molecule has 1 saturated heterocycles. The van der Waals surface area contributed by atoms with Crippen LogP contribution in [0.15, 0.2) is 0 Å². The minimum Gasteiger partial charge on any atom is -0.313 e. The van der Waals surface area contributed by atoms with Crippen LogP contribution >= 0.6 is 0 Å². The molecule has 0 aromatic rings. The molecule has 0 aromatic carbocycles. The summed E-state index contributed by atoms with van der Waals surface area (Å²) in [5, 5.41) is 7.25. The molecule has 13 heavy (non-hydrogen) atoms. The third kappa shape index (κ3) is 2.44. The van der Waals surface area contributed by atoms with E-state index in [9.17, 15) is 0 Å². The van der Waals surface area contributed by atoms with Gasteiger partial charge in [0.25, 0.3) is 0 Å². The van der Waals surface area contributed by atoms with E-state index in [1.807, 2.05) is 0 Å². The lowest BCUT2D eigenvalue weighted by Crippen LogP contribution is -2.49. The molecule has 1 aliphatic carbocycles. The van der Waals surface area contributed by atoms with Gasteiger partial charge < -0.3 is 10.6 Å². The molecular formula is C11H22N2. The van der Waals surface area contributed by atoms with Crippen LogP contribution in [0, 0.1) is 5.92 Å². The van der Waals surface area contributed by atoms with Crippen molar-refractivity contribution in [2.24, 2.45) is 5.92 Å². The first-order valence-electron chi connectivity index (χ1n) is 5.83. The Labute approximate surface area is 81.5 Å². The Hall–Kier alpha value is -0.0800. The molecule has 0 spiro atoms. The zero-order valence-corrected chi connectivity index (χ0v) is 8.68. The van der Waals surface area contributed by atoms with Crippen LogP contribution < -0.4 is 10.6 Å². The zero-order valence-electron chi connectivity index (χ0n) is 8.68. The molecule has 2 aliphatic rings. The number of nitrogens with one attached hydrogen (secondary N) is 2. The second kappa shape index (κ2) is 4.43. The molecule has 1 aliphatic heterocycles. The fourth-order valence-corrected chi connectivity index (χ4v) is 2.36. The van der Waals surface area contributed by atoms with Crippen LogP contribution in [-0.2, 0) is 0 Å².